The maximum Gasteiger partial charge on any atom is 0.354 e. The first-order chi connectivity index (χ1) is 20.3. The van der Waals surface area contributed by atoms with E-state index in [1.165, 1.54) is 12.1 Å². The lowest BCUT2D eigenvalue weighted by Gasteiger charge is -2.33. The largest absolute Gasteiger partial charge is 0.477 e. The monoisotopic (exact) mass is 592 g/mol. The molecule has 2 saturated heterocycles. The number of hydrogen-bond donors (Lipinski definition) is 1. The number of nitrogens with zero attached hydrogens (tertiary/aromatic N) is 4. The number of para-hydroxylation sites is 1. The second-order valence-corrected chi connectivity index (χ2v) is 11.7. The fourth-order valence-electron chi connectivity index (χ4n) is 6.19. The highest BCUT2D eigenvalue weighted by molar-refractivity contribution is 6.30. The number of piperidine rings is 1. The molecule has 0 radical (unpaired) electrons. The predicted molar refractivity (Wildman–Crippen MR) is 153 cm³/mol. The summed E-state index contributed by atoms with van der Waals surface area (Å²) in [5.41, 5.74) is 2.79. The van der Waals surface area contributed by atoms with E-state index in [1.807, 2.05) is 12.1 Å². The molecule has 3 aliphatic rings. The zero-order chi connectivity index (χ0) is 29.0. The van der Waals surface area contributed by atoms with Gasteiger partial charge in [0.15, 0.2) is 11.5 Å². The van der Waals surface area contributed by atoms with Gasteiger partial charge < -0.3 is 23.9 Å². The van der Waals surface area contributed by atoms with Gasteiger partial charge in [0.1, 0.15) is 17.3 Å². The quantitative estimate of drug-likeness (QED) is 0.290. The van der Waals surface area contributed by atoms with Crippen molar-refractivity contribution in [2.45, 2.75) is 57.1 Å². The number of hydrogen-bond acceptors (Lipinski definition) is 7. The van der Waals surface area contributed by atoms with Gasteiger partial charge >= 0.3 is 5.97 Å². The van der Waals surface area contributed by atoms with Gasteiger partial charge in [0.25, 0.3) is 5.79 Å². The molecule has 42 heavy (non-hydrogen) atoms. The minimum absolute atomic E-state index is 0.0177. The number of halogens is 2. The molecule has 11 heteroatoms. The number of carboxylic acid groups (broad SMARTS) is 1. The first-order valence-corrected chi connectivity index (χ1v) is 14.5. The molecule has 4 aromatic rings. The first-order valence-electron chi connectivity index (χ1n) is 14.2. The Morgan fingerprint density at radius 3 is 2.69 bits per heavy atom. The normalized spacial score (nSPS) is 22.4. The van der Waals surface area contributed by atoms with Crippen molar-refractivity contribution in [3.63, 3.8) is 0 Å². The van der Waals surface area contributed by atoms with E-state index in [4.69, 9.17) is 30.8 Å². The van der Waals surface area contributed by atoms with E-state index in [1.54, 1.807) is 25.3 Å². The highest BCUT2D eigenvalue weighted by atomic mass is 35.5. The smallest absolute Gasteiger partial charge is 0.354 e. The number of fused-ring (bicyclic) bond motifs is 2. The van der Waals surface area contributed by atoms with Crippen LogP contribution in [0.3, 0.4) is 0 Å². The van der Waals surface area contributed by atoms with Gasteiger partial charge in [-0.1, -0.05) is 23.7 Å². The molecule has 0 aliphatic carbocycles. The fourth-order valence-corrected chi connectivity index (χ4v) is 6.34. The number of ether oxygens (including phenoxy) is 3. The van der Waals surface area contributed by atoms with Crippen LogP contribution in [0, 0.1) is 5.82 Å². The molecule has 7 rings (SSSR count). The van der Waals surface area contributed by atoms with Crippen LogP contribution in [0.25, 0.3) is 11.0 Å². The molecule has 1 N–H and O–H groups in total. The molecule has 2 aromatic carbocycles. The van der Waals surface area contributed by atoms with Crippen LogP contribution in [-0.4, -0.2) is 56.3 Å². The fraction of sp³-hybridized carbons (Fsp3) is 0.387. The van der Waals surface area contributed by atoms with Crippen molar-refractivity contribution in [1.82, 2.24) is 19.4 Å². The van der Waals surface area contributed by atoms with Gasteiger partial charge in [0.05, 0.1) is 42.0 Å². The van der Waals surface area contributed by atoms with E-state index in [9.17, 15) is 14.3 Å². The third kappa shape index (κ3) is 4.87. The van der Waals surface area contributed by atoms with Crippen LogP contribution in [0.1, 0.15) is 59.5 Å². The SMILES string of the molecule is C[C@]1(c2ccc(Cl)cc2F)Oc2cccc(C3CCN(Cc4nc5cc(C(=O)O)ncc5n4C[C@@H]4CCO4)CC3)c2O1. The van der Waals surface area contributed by atoms with Crippen molar-refractivity contribution in [3.05, 3.63) is 82.1 Å². The van der Waals surface area contributed by atoms with Gasteiger partial charge in [-0.2, -0.15) is 0 Å². The number of benzene rings is 2. The van der Waals surface area contributed by atoms with Gasteiger partial charge in [0.2, 0.25) is 0 Å². The number of likely N-dealkylation sites (tertiary alicyclic amines) is 1. The Morgan fingerprint density at radius 1 is 1.17 bits per heavy atom. The molecule has 0 bridgehead atoms. The minimum Gasteiger partial charge on any atom is -0.477 e. The van der Waals surface area contributed by atoms with Gasteiger partial charge in [-0.05, 0) is 68.6 Å². The molecule has 2 fully saturated rings. The zero-order valence-electron chi connectivity index (χ0n) is 23.1. The first kappa shape index (κ1) is 27.1. The molecule has 0 spiro atoms. The van der Waals surface area contributed by atoms with E-state index in [-0.39, 0.29) is 17.7 Å². The number of rotatable bonds is 7. The summed E-state index contributed by atoms with van der Waals surface area (Å²) in [6.07, 6.45) is 4.52. The number of aromatic nitrogens is 3. The third-order valence-corrected chi connectivity index (χ3v) is 8.77. The van der Waals surface area contributed by atoms with Crippen molar-refractivity contribution in [2.75, 3.05) is 19.7 Å². The number of pyridine rings is 1. The molecule has 2 aromatic heterocycles. The number of imidazole rings is 1. The molecular weight excluding hydrogens is 563 g/mol. The molecule has 218 valence electrons. The van der Waals surface area contributed by atoms with Crippen LogP contribution < -0.4 is 9.47 Å². The van der Waals surface area contributed by atoms with E-state index in [0.29, 0.717) is 40.7 Å². The van der Waals surface area contributed by atoms with Crippen molar-refractivity contribution >= 4 is 28.6 Å². The van der Waals surface area contributed by atoms with E-state index in [2.05, 4.69) is 20.5 Å². The van der Waals surface area contributed by atoms with Crippen LogP contribution in [0.5, 0.6) is 11.5 Å². The van der Waals surface area contributed by atoms with Crippen LogP contribution in [0.2, 0.25) is 5.02 Å². The predicted octanol–water partition coefficient (Wildman–Crippen LogP) is 5.73. The summed E-state index contributed by atoms with van der Waals surface area (Å²) in [5, 5.41) is 9.71. The van der Waals surface area contributed by atoms with Crippen LogP contribution in [-0.2, 0) is 23.6 Å². The standard InChI is InChI=1S/C31H30ClFN4O5/c1-31(22-6-5-19(32)13-23(22)33)41-27-4-2-3-21(29(27)42-31)18-7-10-36(11-8-18)17-28-35-24-14-25(30(38)39)34-15-26(24)37(28)16-20-9-12-40-20/h2-6,13-15,18,20H,7-12,16-17H2,1H3,(H,38,39)/t20-,31-/m0/s1. The lowest BCUT2D eigenvalue weighted by Crippen LogP contribution is -2.35. The van der Waals surface area contributed by atoms with Crippen molar-refractivity contribution < 1.29 is 28.5 Å². The summed E-state index contributed by atoms with van der Waals surface area (Å²) in [6, 6.07) is 11.9. The lowest BCUT2D eigenvalue weighted by molar-refractivity contribution is -0.0712. The summed E-state index contributed by atoms with van der Waals surface area (Å²) in [4.78, 5) is 22.8. The summed E-state index contributed by atoms with van der Waals surface area (Å²) >= 11 is 5.97. The van der Waals surface area contributed by atoms with Crippen LogP contribution >= 0.6 is 11.6 Å². The summed E-state index contributed by atoms with van der Waals surface area (Å²) in [7, 11) is 0. The van der Waals surface area contributed by atoms with Gasteiger partial charge in [-0.15, -0.1) is 0 Å². The molecule has 9 nitrogen and oxygen atoms in total. The number of carbonyl (C=O) groups is 1. The average Bonchev–Trinajstić information content (AvgIpc) is 3.47. The topological polar surface area (TPSA) is 98.9 Å². The summed E-state index contributed by atoms with van der Waals surface area (Å²) in [5.74, 6) is -0.435. The average molecular weight is 593 g/mol. The molecule has 0 amide bonds. The highest BCUT2D eigenvalue weighted by Crippen LogP contribution is 2.49. The molecule has 5 heterocycles. The Labute approximate surface area is 246 Å². The molecule has 2 atom stereocenters. The van der Waals surface area contributed by atoms with Gasteiger partial charge in [-0.25, -0.2) is 19.2 Å². The summed E-state index contributed by atoms with van der Waals surface area (Å²) < 4.78 is 35.1. The van der Waals surface area contributed by atoms with E-state index >= 15 is 0 Å². The lowest BCUT2D eigenvalue weighted by atomic mass is 9.88. The van der Waals surface area contributed by atoms with E-state index < -0.39 is 17.6 Å². The minimum atomic E-state index is -1.29. The maximum absolute atomic E-state index is 14.8. The van der Waals surface area contributed by atoms with Crippen molar-refractivity contribution in [2.24, 2.45) is 0 Å². The van der Waals surface area contributed by atoms with Crippen LogP contribution in [0.4, 0.5) is 4.39 Å². The highest BCUT2D eigenvalue weighted by Gasteiger charge is 2.43. The van der Waals surface area contributed by atoms with E-state index in [0.717, 1.165) is 55.9 Å². The van der Waals surface area contributed by atoms with Gasteiger partial charge in [-0.3, -0.25) is 4.90 Å². The molecule has 0 saturated carbocycles. The van der Waals surface area contributed by atoms with Crippen molar-refractivity contribution in [3.8, 4) is 11.5 Å². The number of carboxylic acids is 1. The Bertz CT molecular complexity index is 1680. The number of aromatic carboxylic acids is 1. The van der Waals surface area contributed by atoms with Gasteiger partial charge in [0, 0.05) is 24.1 Å². The third-order valence-electron chi connectivity index (χ3n) is 8.54. The van der Waals surface area contributed by atoms with Crippen molar-refractivity contribution in [1.29, 1.82) is 0 Å². The summed E-state index contributed by atoms with van der Waals surface area (Å²) in [6.45, 7) is 5.47. The van der Waals surface area contributed by atoms with Crippen LogP contribution in [0.15, 0.2) is 48.7 Å². The Morgan fingerprint density at radius 2 is 1.98 bits per heavy atom. The maximum atomic E-state index is 14.8. The second kappa shape index (κ2) is 10.5. The Hall–Kier alpha value is -3.73. The second-order valence-electron chi connectivity index (χ2n) is 11.3. The molecular formula is C31H30ClFN4O5. The Kier molecular flexibility index (Phi) is 6.79. The Balaban J connectivity index is 1.08. The zero-order valence-corrected chi connectivity index (χ0v) is 23.8. The molecule has 3 aliphatic heterocycles. The molecule has 0 unspecified atom stereocenters.